The smallest absolute Gasteiger partial charge is 0.239 e. The van der Waals surface area contributed by atoms with Crippen molar-refractivity contribution in [1.82, 2.24) is 4.98 Å². The summed E-state index contributed by atoms with van der Waals surface area (Å²) in [5, 5.41) is 3.27. The number of aromatic nitrogens is 1. The number of pyridine rings is 1. The molecule has 19 heavy (non-hydrogen) atoms. The van der Waals surface area contributed by atoms with Crippen LogP contribution < -0.4 is 5.32 Å². The predicted octanol–water partition coefficient (Wildman–Crippen LogP) is 3.39. The Morgan fingerprint density at radius 2 is 2.21 bits per heavy atom. The lowest BCUT2D eigenvalue weighted by molar-refractivity contribution is -0.115. The molecule has 0 radical (unpaired) electrons. The second-order valence-corrected chi connectivity index (χ2v) is 5.95. The minimum absolute atomic E-state index is 0.0315. The lowest BCUT2D eigenvalue weighted by atomic mass is 10.1. The van der Waals surface area contributed by atoms with Crippen LogP contribution in [-0.4, -0.2) is 16.1 Å². The average molecular weight is 291 g/mol. The molecule has 0 saturated carbocycles. The standard InChI is InChI=1S/C14H11ClN2OS/c15-10-5-6-16-13(8-10)17-14(18)12-7-9-3-1-2-4-11(9)19-12/h1-6,8,12H,7H2,(H,16,17,18). The fourth-order valence-electron chi connectivity index (χ4n) is 2.01. The van der Waals surface area contributed by atoms with Crippen molar-refractivity contribution in [3.8, 4) is 0 Å². The van der Waals surface area contributed by atoms with E-state index in [-0.39, 0.29) is 11.2 Å². The van der Waals surface area contributed by atoms with Crippen LogP contribution in [0.3, 0.4) is 0 Å². The molecule has 3 nitrogen and oxygen atoms in total. The van der Waals surface area contributed by atoms with Gasteiger partial charge in [0.2, 0.25) is 5.91 Å². The summed E-state index contributed by atoms with van der Waals surface area (Å²) in [6, 6.07) is 11.4. The van der Waals surface area contributed by atoms with E-state index in [0.29, 0.717) is 10.8 Å². The number of hydrogen-bond donors (Lipinski definition) is 1. The lowest BCUT2D eigenvalue weighted by Gasteiger charge is -2.09. The van der Waals surface area contributed by atoms with Gasteiger partial charge in [-0.15, -0.1) is 11.8 Å². The Balaban J connectivity index is 1.70. The Kier molecular flexibility index (Phi) is 3.44. The van der Waals surface area contributed by atoms with Crippen molar-refractivity contribution in [1.29, 1.82) is 0 Å². The third-order valence-corrected chi connectivity index (χ3v) is 4.47. The van der Waals surface area contributed by atoms with Gasteiger partial charge in [0.1, 0.15) is 5.82 Å². The quantitative estimate of drug-likeness (QED) is 0.922. The summed E-state index contributed by atoms with van der Waals surface area (Å²) in [5.74, 6) is 0.463. The summed E-state index contributed by atoms with van der Waals surface area (Å²) in [6.07, 6.45) is 2.34. The first-order chi connectivity index (χ1) is 9.22. The summed E-state index contributed by atoms with van der Waals surface area (Å²) in [4.78, 5) is 17.4. The van der Waals surface area contributed by atoms with E-state index in [1.165, 1.54) is 10.5 Å². The molecule has 1 aliphatic heterocycles. The van der Waals surface area contributed by atoms with Crippen LogP contribution in [0.1, 0.15) is 5.56 Å². The third kappa shape index (κ3) is 2.74. The van der Waals surface area contributed by atoms with Crippen LogP contribution in [0.25, 0.3) is 0 Å². The van der Waals surface area contributed by atoms with Crippen molar-refractivity contribution < 1.29 is 4.79 Å². The fourth-order valence-corrected chi connectivity index (χ4v) is 3.36. The number of rotatable bonds is 2. The van der Waals surface area contributed by atoms with Gasteiger partial charge >= 0.3 is 0 Å². The predicted molar refractivity (Wildman–Crippen MR) is 77.7 cm³/mol. The molecule has 2 heterocycles. The van der Waals surface area contributed by atoms with Crippen LogP contribution in [-0.2, 0) is 11.2 Å². The molecule has 0 aliphatic carbocycles. The third-order valence-electron chi connectivity index (χ3n) is 2.91. The van der Waals surface area contributed by atoms with Gasteiger partial charge in [0.05, 0.1) is 5.25 Å². The van der Waals surface area contributed by atoms with Crippen molar-refractivity contribution in [2.45, 2.75) is 16.6 Å². The highest BCUT2D eigenvalue weighted by Crippen LogP contribution is 2.37. The molecule has 0 saturated heterocycles. The Labute approximate surface area is 120 Å². The van der Waals surface area contributed by atoms with E-state index in [1.54, 1.807) is 30.1 Å². The summed E-state index contributed by atoms with van der Waals surface area (Å²) in [7, 11) is 0. The molecule has 3 rings (SSSR count). The van der Waals surface area contributed by atoms with E-state index in [0.717, 1.165) is 6.42 Å². The molecule has 1 aromatic heterocycles. The molecule has 1 amide bonds. The first kappa shape index (κ1) is 12.5. The van der Waals surface area contributed by atoms with E-state index < -0.39 is 0 Å². The van der Waals surface area contributed by atoms with Gasteiger partial charge in [0, 0.05) is 16.1 Å². The van der Waals surface area contributed by atoms with Crippen LogP contribution in [0.5, 0.6) is 0 Å². The average Bonchev–Trinajstić information content (AvgIpc) is 2.82. The van der Waals surface area contributed by atoms with Gasteiger partial charge in [-0.2, -0.15) is 0 Å². The van der Waals surface area contributed by atoms with Crippen molar-refractivity contribution in [2.75, 3.05) is 5.32 Å². The molecule has 2 aromatic rings. The summed E-state index contributed by atoms with van der Waals surface area (Å²) in [6.45, 7) is 0. The minimum Gasteiger partial charge on any atom is -0.310 e. The second-order valence-electron chi connectivity index (χ2n) is 4.27. The lowest BCUT2D eigenvalue weighted by Crippen LogP contribution is -2.25. The zero-order valence-electron chi connectivity index (χ0n) is 9.97. The molecule has 1 aromatic carbocycles. The number of carbonyl (C=O) groups is 1. The van der Waals surface area contributed by atoms with Gasteiger partial charge in [-0.25, -0.2) is 4.98 Å². The number of halogens is 1. The topological polar surface area (TPSA) is 42.0 Å². The molecule has 96 valence electrons. The minimum atomic E-state index is -0.0989. The highest BCUT2D eigenvalue weighted by molar-refractivity contribution is 8.01. The number of fused-ring (bicyclic) bond motifs is 1. The zero-order valence-corrected chi connectivity index (χ0v) is 11.5. The molecule has 0 spiro atoms. The van der Waals surface area contributed by atoms with Crippen LogP contribution in [0.15, 0.2) is 47.5 Å². The number of nitrogens with one attached hydrogen (secondary N) is 1. The first-order valence-electron chi connectivity index (χ1n) is 5.89. The van der Waals surface area contributed by atoms with Gasteiger partial charge in [-0.05, 0) is 30.2 Å². The highest BCUT2D eigenvalue weighted by atomic mass is 35.5. The van der Waals surface area contributed by atoms with E-state index in [1.807, 2.05) is 18.2 Å². The maximum Gasteiger partial charge on any atom is 0.239 e. The summed E-state index contributed by atoms with van der Waals surface area (Å²) >= 11 is 7.46. The van der Waals surface area contributed by atoms with E-state index in [2.05, 4.69) is 16.4 Å². The van der Waals surface area contributed by atoms with Gasteiger partial charge in [0.25, 0.3) is 0 Å². The van der Waals surface area contributed by atoms with Gasteiger partial charge in [0.15, 0.2) is 0 Å². The van der Waals surface area contributed by atoms with Crippen LogP contribution in [0.2, 0.25) is 5.02 Å². The maximum absolute atomic E-state index is 12.2. The van der Waals surface area contributed by atoms with E-state index in [4.69, 9.17) is 11.6 Å². The van der Waals surface area contributed by atoms with Gasteiger partial charge in [-0.3, -0.25) is 4.79 Å². The van der Waals surface area contributed by atoms with E-state index >= 15 is 0 Å². The van der Waals surface area contributed by atoms with Crippen molar-refractivity contribution >= 4 is 35.1 Å². The number of anilines is 1. The molecule has 1 aliphatic rings. The van der Waals surface area contributed by atoms with Crippen molar-refractivity contribution in [2.24, 2.45) is 0 Å². The number of hydrogen-bond acceptors (Lipinski definition) is 3. The zero-order chi connectivity index (χ0) is 13.2. The Morgan fingerprint density at radius 3 is 3.00 bits per heavy atom. The summed E-state index contributed by atoms with van der Waals surface area (Å²) in [5.41, 5.74) is 1.23. The number of benzene rings is 1. The molecule has 1 atom stereocenters. The number of carbonyl (C=O) groups excluding carboxylic acids is 1. The van der Waals surface area contributed by atoms with Crippen LogP contribution in [0, 0.1) is 0 Å². The first-order valence-corrected chi connectivity index (χ1v) is 7.15. The molecule has 5 heteroatoms. The number of thioether (sulfide) groups is 1. The molecular weight excluding hydrogens is 280 g/mol. The maximum atomic E-state index is 12.2. The molecule has 1 N–H and O–H groups in total. The van der Waals surface area contributed by atoms with Crippen molar-refractivity contribution in [3.63, 3.8) is 0 Å². The molecule has 1 unspecified atom stereocenters. The second kappa shape index (κ2) is 5.23. The fraction of sp³-hybridized carbons (Fsp3) is 0.143. The van der Waals surface area contributed by atoms with Gasteiger partial charge in [-0.1, -0.05) is 29.8 Å². The van der Waals surface area contributed by atoms with Crippen molar-refractivity contribution in [3.05, 3.63) is 53.2 Å². The molecular formula is C14H11ClN2OS. The highest BCUT2D eigenvalue weighted by Gasteiger charge is 2.28. The Hall–Kier alpha value is -1.52. The largest absolute Gasteiger partial charge is 0.310 e. The normalized spacial score (nSPS) is 17.0. The Bertz CT molecular complexity index is 607. The SMILES string of the molecule is O=C(Nc1cc(Cl)ccn1)C1Cc2ccccc2S1. The number of amides is 1. The molecule has 0 fully saturated rings. The number of nitrogens with zero attached hydrogens (tertiary/aromatic N) is 1. The molecule has 0 bridgehead atoms. The van der Waals surface area contributed by atoms with Crippen LogP contribution >= 0.6 is 23.4 Å². The van der Waals surface area contributed by atoms with Gasteiger partial charge < -0.3 is 5.32 Å². The van der Waals surface area contributed by atoms with E-state index in [9.17, 15) is 4.79 Å². The summed E-state index contributed by atoms with van der Waals surface area (Å²) < 4.78 is 0. The van der Waals surface area contributed by atoms with Crippen LogP contribution in [0.4, 0.5) is 5.82 Å². The Morgan fingerprint density at radius 1 is 1.37 bits per heavy atom. The monoisotopic (exact) mass is 290 g/mol.